The van der Waals surface area contributed by atoms with Crippen LogP contribution < -0.4 is 15.9 Å². The second-order valence-corrected chi connectivity index (χ2v) is 21.0. The summed E-state index contributed by atoms with van der Waals surface area (Å²) in [5.41, 5.74) is -0.461. The van der Waals surface area contributed by atoms with Gasteiger partial charge in [-0.15, -0.1) is 0 Å². The molecule has 1 heterocycles. The molecule has 34 heavy (non-hydrogen) atoms. The van der Waals surface area contributed by atoms with Crippen molar-refractivity contribution in [2.24, 2.45) is 5.92 Å². The van der Waals surface area contributed by atoms with E-state index >= 15 is 0 Å². The molecule has 1 atom stereocenters. The normalized spacial score (nSPS) is 17.7. The van der Waals surface area contributed by atoms with Crippen molar-refractivity contribution in [2.75, 3.05) is 19.3 Å². The monoisotopic (exact) mass is 587 g/mol. The van der Waals surface area contributed by atoms with Crippen LogP contribution in [0.2, 0.25) is 0 Å². The van der Waals surface area contributed by atoms with Crippen molar-refractivity contribution in [2.45, 2.75) is 39.2 Å². The van der Waals surface area contributed by atoms with E-state index in [-0.39, 0.29) is 6.09 Å². The first-order valence-corrected chi connectivity index (χ1v) is 17.3. The molecule has 0 aliphatic carbocycles. The van der Waals surface area contributed by atoms with Crippen LogP contribution in [0.5, 0.6) is 0 Å². The van der Waals surface area contributed by atoms with Crippen LogP contribution >= 0.6 is 26.3 Å². The first-order valence-electron chi connectivity index (χ1n) is 12.1. The van der Waals surface area contributed by atoms with Crippen molar-refractivity contribution in [3.63, 3.8) is 0 Å². The second kappa shape index (κ2) is 9.99. The Hall–Kier alpha value is -1.91. The van der Waals surface area contributed by atoms with Crippen LogP contribution in [0.1, 0.15) is 33.6 Å². The van der Waals surface area contributed by atoms with E-state index in [2.05, 4.69) is 113 Å². The molecule has 1 saturated heterocycles. The average molecular weight is 587 g/mol. The van der Waals surface area contributed by atoms with E-state index in [0.717, 1.165) is 32.1 Å². The fourth-order valence-electron chi connectivity index (χ4n) is 5.04. The third-order valence-corrected chi connectivity index (χ3v) is 18.5. The molecule has 1 amide bonds. The molecule has 0 bridgehead atoms. The van der Waals surface area contributed by atoms with E-state index in [0.29, 0.717) is 5.92 Å². The van der Waals surface area contributed by atoms with Gasteiger partial charge in [-0.2, -0.15) is 0 Å². The summed E-state index contributed by atoms with van der Waals surface area (Å²) in [7, 11) is 0. The maximum absolute atomic E-state index is 12.6. The zero-order chi connectivity index (χ0) is 24.3. The Morgan fingerprint density at radius 1 is 0.882 bits per heavy atom. The number of carbonyl (C=O) groups excluding carboxylic acids is 1. The standard InChI is InChI=1S/C29H35INO2P/c1-29(2,3)33-28(32)31-21-19-24(23-31)20-22-34(30,25-13-7-4-8-14-25,26-15-9-5-10-16-26)27-17-11-6-12-18-27/h4-18,24H,19-23H2,1-3H3. The number of halogens is 1. The molecule has 3 aromatic carbocycles. The van der Waals surface area contributed by atoms with Crippen LogP contribution in [0.25, 0.3) is 0 Å². The zero-order valence-electron chi connectivity index (χ0n) is 20.4. The van der Waals surface area contributed by atoms with Gasteiger partial charge in [-0.1, -0.05) is 0 Å². The fourth-order valence-corrected chi connectivity index (χ4v) is 13.7. The van der Waals surface area contributed by atoms with Gasteiger partial charge in [0.2, 0.25) is 0 Å². The fraction of sp³-hybridized carbons (Fsp3) is 0.345. The SMILES string of the molecule is CC(C)(C)OC(=O)N1CCC(CCP(I)(c2ccccc2)(c2ccccc2)c2ccccc2)C1. The Labute approximate surface area is 217 Å². The molecule has 5 heteroatoms. The molecule has 0 saturated carbocycles. The number of carbonyl (C=O) groups is 1. The predicted octanol–water partition coefficient (Wildman–Crippen LogP) is 6.51. The van der Waals surface area contributed by atoms with Crippen LogP contribution in [0.15, 0.2) is 91.0 Å². The average Bonchev–Trinajstić information content (AvgIpc) is 3.33. The Kier molecular flexibility index (Phi) is 7.40. The van der Waals surface area contributed by atoms with Gasteiger partial charge in [-0.25, -0.2) is 0 Å². The molecule has 180 valence electrons. The first-order chi connectivity index (χ1) is 16.2. The molecule has 1 unspecified atom stereocenters. The van der Waals surface area contributed by atoms with Crippen molar-refractivity contribution in [3.05, 3.63) is 91.0 Å². The summed E-state index contributed by atoms with van der Waals surface area (Å²) < 4.78 is 2.88. The van der Waals surface area contributed by atoms with Crippen molar-refractivity contribution in [1.82, 2.24) is 4.90 Å². The summed E-state index contributed by atoms with van der Waals surface area (Å²) in [6.07, 6.45) is 2.98. The van der Waals surface area contributed by atoms with Gasteiger partial charge in [0.05, 0.1) is 0 Å². The van der Waals surface area contributed by atoms with Crippen LogP contribution in [0.3, 0.4) is 0 Å². The Morgan fingerprint density at radius 2 is 1.32 bits per heavy atom. The molecule has 3 nitrogen and oxygen atoms in total. The Bertz CT molecular complexity index is 1000. The predicted molar refractivity (Wildman–Crippen MR) is 155 cm³/mol. The summed E-state index contributed by atoms with van der Waals surface area (Å²) in [5.74, 6) is 0.472. The quantitative estimate of drug-likeness (QED) is 0.243. The minimum absolute atomic E-state index is 0.184. The van der Waals surface area contributed by atoms with E-state index in [1.807, 2.05) is 25.7 Å². The van der Waals surface area contributed by atoms with Gasteiger partial charge >= 0.3 is 218 Å². The van der Waals surface area contributed by atoms with Gasteiger partial charge in [0, 0.05) is 0 Å². The molecule has 4 rings (SSSR count). The molecule has 1 fully saturated rings. The third-order valence-electron chi connectivity index (χ3n) is 6.78. The van der Waals surface area contributed by atoms with Crippen LogP contribution in [0.4, 0.5) is 4.79 Å². The van der Waals surface area contributed by atoms with Crippen LogP contribution in [-0.4, -0.2) is 35.8 Å². The molecule has 1 aliphatic rings. The van der Waals surface area contributed by atoms with Gasteiger partial charge in [0.25, 0.3) is 0 Å². The van der Waals surface area contributed by atoms with Gasteiger partial charge in [0.15, 0.2) is 0 Å². The summed E-state index contributed by atoms with van der Waals surface area (Å²) in [6, 6.07) is 33.2. The second-order valence-electron chi connectivity index (χ2n) is 10.3. The zero-order valence-corrected chi connectivity index (χ0v) is 23.4. The number of hydrogen-bond donors (Lipinski definition) is 0. The van der Waals surface area contributed by atoms with E-state index in [4.69, 9.17) is 4.74 Å². The number of benzene rings is 3. The number of amides is 1. The van der Waals surface area contributed by atoms with E-state index < -0.39 is 9.85 Å². The van der Waals surface area contributed by atoms with Crippen molar-refractivity contribution < 1.29 is 9.53 Å². The van der Waals surface area contributed by atoms with Gasteiger partial charge in [-0.05, 0) is 0 Å². The van der Waals surface area contributed by atoms with Gasteiger partial charge < -0.3 is 0 Å². The minimum atomic E-state index is -2.76. The number of ether oxygens (including phenoxy) is 1. The molecule has 0 spiro atoms. The summed E-state index contributed by atoms with van der Waals surface area (Å²) in [4.78, 5) is 14.5. The van der Waals surface area contributed by atoms with E-state index in [1.54, 1.807) is 0 Å². The van der Waals surface area contributed by atoms with Crippen molar-refractivity contribution in [1.29, 1.82) is 0 Å². The first kappa shape index (κ1) is 25.2. The van der Waals surface area contributed by atoms with E-state index in [9.17, 15) is 4.79 Å². The Morgan fingerprint density at radius 3 is 1.74 bits per heavy atom. The van der Waals surface area contributed by atoms with Crippen molar-refractivity contribution in [3.8, 4) is 0 Å². The molecular formula is C29H35INO2P. The summed E-state index contributed by atoms with van der Waals surface area (Å²) in [5, 5.41) is 4.23. The van der Waals surface area contributed by atoms with Crippen LogP contribution in [-0.2, 0) is 4.74 Å². The topological polar surface area (TPSA) is 29.5 Å². The third kappa shape index (κ3) is 5.04. The number of rotatable bonds is 6. The maximum atomic E-state index is 12.6. The van der Waals surface area contributed by atoms with Crippen LogP contribution in [0, 0.1) is 5.92 Å². The molecule has 3 aromatic rings. The molecular weight excluding hydrogens is 552 g/mol. The molecule has 0 N–H and O–H groups in total. The van der Waals surface area contributed by atoms with Gasteiger partial charge in [-0.3, -0.25) is 0 Å². The number of likely N-dealkylation sites (tertiary alicyclic amines) is 1. The number of hydrogen-bond acceptors (Lipinski definition) is 2. The molecule has 1 aliphatic heterocycles. The van der Waals surface area contributed by atoms with Gasteiger partial charge in [0.1, 0.15) is 0 Å². The number of nitrogens with zero attached hydrogens (tertiary/aromatic N) is 1. The Balaban J connectivity index is 1.69. The molecule has 0 radical (unpaired) electrons. The molecule has 0 aromatic heterocycles. The summed E-state index contributed by atoms with van der Waals surface area (Å²) in [6.45, 7) is 7.34. The van der Waals surface area contributed by atoms with Crippen molar-refractivity contribution >= 4 is 48.3 Å². The van der Waals surface area contributed by atoms with E-state index in [1.165, 1.54) is 15.9 Å². The summed E-state index contributed by atoms with van der Waals surface area (Å²) >= 11 is 2.85.